The minimum Gasteiger partial charge on any atom is -0.393 e. The van der Waals surface area contributed by atoms with Crippen molar-refractivity contribution in [3.8, 4) is 0 Å². The molecule has 1 aromatic rings. The summed E-state index contributed by atoms with van der Waals surface area (Å²) >= 11 is 0. The van der Waals surface area contributed by atoms with Crippen LogP contribution in [0.2, 0.25) is 0 Å². The number of benzene rings is 1. The first kappa shape index (κ1) is 17.2. The second kappa shape index (κ2) is 8.42. The molecule has 21 heavy (non-hydrogen) atoms. The number of para-hydroxylation sites is 1. The van der Waals surface area contributed by atoms with Gasteiger partial charge in [-0.3, -0.25) is 9.59 Å². The zero-order chi connectivity index (χ0) is 15.8. The summed E-state index contributed by atoms with van der Waals surface area (Å²) in [5.74, 6) is -0.103. The summed E-state index contributed by atoms with van der Waals surface area (Å²) in [4.78, 5) is 23.0. The van der Waals surface area contributed by atoms with Gasteiger partial charge < -0.3 is 15.7 Å². The van der Waals surface area contributed by atoms with Crippen molar-refractivity contribution in [1.29, 1.82) is 0 Å². The summed E-state index contributed by atoms with van der Waals surface area (Å²) in [6.07, 6.45) is 0.335. The quantitative estimate of drug-likeness (QED) is 0.716. The number of aliphatic hydroxyl groups is 1. The van der Waals surface area contributed by atoms with E-state index in [1.54, 1.807) is 6.07 Å². The van der Waals surface area contributed by atoms with Crippen LogP contribution < -0.4 is 10.6 Å². The van der Waals surface area contributed by atoms with Crippen LogP contribution in [0.4, 0.5) is 5.69 Å². The van der Waals surface area contributed by atoms with E-state index in [-0.39, 0.29) is 24.2 Å². The van der Waals surface area contributed by atoms with Crippen LogP contribution in [0.5, 0.6) is 0 Å². The van der Waals surface area contributed by atoms with Gasteiger partial charge in [-0.25, -0.2) is 0 Å². The molecular formula is C16H24N2O3. The van der Waals surface area contributed by atoms with Gasteiger partial charge in [0.25, 0.3) is 0 Å². The van der Waals surface area contributed by atoms with Gasteiger partial charge in [0.05, 0.1) is 12.5 Å². The molecule has 0 aliphatic heterocycles. The van der Waals surface area contributed by atoms with Crippen molar-refractivity contribution in [2.45, 2.75) is 39.7 Å². The lowest BCUT2D eigenvalue weighted by Crippen LogP contribution is -2.30. The Hall–Kier alpha value is -1.88. The van der Waals surface area contributed by atoms with Crippen LogP contribution in [-0.2, 0) is 16.0 Å². The largest absolute Gasteiger partial charge is 0.393 e. The smallest absolute Gasteiger partial charge is 0.224 e. The van der Waals surface area contributed by atoms with E-state index in [1.165, 1.54) is 6.92 Å². The van der Waals surface area contributed by atoms with E-state index in [4.69, 9.17) is 0 Å². The van der Waals surface area contributed by atoms with Crippen molar-refractivity contribution in [2.75, 3.05) is 11.9 Å². The molecule has 1 atom stereocenters. The number of amides is 2. The van der Waals surface area contributed by atoms with Gasteiger partial charge in [0.1, 0.15) is 0 Å². The topological polar surface area (TPSA) is 78.4 Å². The highest BCUT2D eigenvalue weighted by Gasteiger charge is 2.11. The van der Waals surface area contributed by atoms with Crippen LogP contribution in [-0.4, -0.2) is 29.6 Å². The normalized spacial score (nSPS) is 12.0. The zero-order valence-electron chi connectivity index (χ0n) is 12.8. The molecule has 0 radical (unpaired) electrons. The average molecular weight is 292 g/mol. The van der Waals surface area contributed by atoms with Gasteiger partial charge in [-0.2, -0.15) is 0 Å². The molecule has 0 saturated carbocycles. The molecule has 5 heteroatoms. The fourth-order valence-electron chi connectivity index (χ4n) is 1.91. The van der Waals surface area contributed by atoms with Crippen LogP contribution in [0.1, 0.15) is 32.8 Å². The van der Waals surface area contributed by atoms with Gasteiger partial charge in [-0.15, -0.1) is 0 Å². The van der Waals surface area contributed by atoms with Crippen LogP contribution in [0.15, 0.2) is 24.3 Å². The lowest BCUT2D eigenvalue weighted by Gasteiger charge is -2.15. The maximum Gasteiger partial charge on any atom is 0.224 e. The van der Waals surface area contributed by atoms with Gasteiger partial charge in [0.15, 0.2) is 0 Å². The minimum absolute atomic E-state index is 0.122. The summed E-state index contributed by atoms with van der Waals surface area (Å²) < 4.78 is 0. The third-order valence-electron chi connectivity index (χ3n) is 3.21. The maximum atomic E-state index is 11.9. The minimum atomic E-state index is -0.406. The van der Waals surface area contributed by atoms with Crippen molar-refractivity contribution in [1.82, 2.24) is 5.32 Å². The number of rotatable bonds is 7. The van der Waals surface area contributed by atoms with Gasteiger partial charge in [-0.1, -0.05) is 32.0 Å². The van der Waals surface area contributed by atoms with E-state index in [9.17, 15) is 14.7 Å². The van der Waals surface area contributed by atoms with Crippen LogP contribution in [0.25, 0.3) is 0 Å². The monoisotopic (exact) mass is 292 g/mol. The van der Waals surface area contributed by atoms with Gasteiger partial charge in [0.2, 0.25) is 11.8 Å². The Morgan fingerprint density at radius 3 is 2.52 bits per heavy atom. The van der Waals surface area contributed by atoms with E-state index >= 15 is 0 Å². The fraction of sp³-hybridized carbons (Fsp3) is 0.500. The molecule has 2 amide bonds. The number of nitrogens with one attached hydrogen (secondary N) is 2. The molecule has 0 aliphatic carbocycles. The molecule has 5 nitrogen and oxygen atoms in total. The maximum absolute atomic E-state index is 11.9. The molecule has 0 fully saturated rings. The van der Waals surface area contributed by atoms with Crippen molar-refractivity contribution in [3.05, 3.63) is 29.8 Å². The van der Waals surface area contributed by atoms with Crippen molar-refractivity contribution in [3.63, 3.8) is 0 Å². The predicted octanol–water partition coefficient (Wildman–Crippen LogP) is 1.71. The van der Waals surface area contributed by atoms with Crippen molar-refractivity contribution in [2.24, 2.45) is 5.92 Å². The molecule has 0 saturated heterocycles. The number of aliphatic hydroxyl groups excluding tert-OH is 1. The Morgan fingerprint density at radius 2 is 1.90 bits per heavy atom. The SMILES string of the molecule is CC(=O)Nc1ccccc1CC(=O)NCCC(O)C(C)C. The van der Waals surface area contributed by atoms with Gasteiger partial charge in [0, 0.05) is 19.2 Å². The molecule has 0 heterocycles. The van der Waals surface area contributed by atoms with Gasteiger partial charge >= 0.3 is 0 Å². The second-order valence-electron chi connectivity index (χ2n) is 5.47. The molecule has 1 aromatic carbocycles. The highest BCUT2D eigenvalue weighted by molar-refractivity contribution is 5.91. The molecule has 3 N–H and O–H groups in total. The Balaban J connectivity index is 2.49. The first-order chi connectivity index (χ1) is 9.90. The summed E-state index contributed by atoms with van der Waals surface area (Å²) in [7, 11) is 0. The Labute approximate surface area is 125 Å². The summed E-state index contributed by atoms with van der Waals surface area (Å²) in [6, 6.07) is 7.22. The fourth-order valence-corrected chi connectivity index (χ4v) is 1.91. The Bertz CT molecular complexity index is 486. The molecular weight excluding hydrogens is 268 g/mol. The molecule has 116 valence electrons. The van der Waals surface area contributed by atoms with Crippen molar-refractivity contribution < 1.29 is 14.7 Å². The molecule has 0 aliphatic rings. The Morgan fingerprint density at radius 1 is 1.24 bits per heavy atom. The second-order valence-corrected chi connectivity index (χ2v) is 5.47. The van der Waals surface area contributed by atoms with E-state index in [2.05, 4.69) is 10.6 Å². The molecule has 1 unspecified atom stereocenters. The van der Waals surface area contributed by atoms with E-state index in [1.807, 2.05) is 32.0 Å². The molecule has 1 rings (SSSR count). The van der Waals surface area contributed by atoms with E-state index in [0.29, 0.717) is 18.7 Å². The summed E-state index contributed by atoms with van der Waals surface area (Å²) in [5.41, 5.74) is 1.43. The lowest BCUT2D eigenvalue weighted by molar-refractivity contribution is -0.120. The molecule has 0 spiro atoms. The van der Waals surface area contributed by atoms with Crippen LogP contribution >= 0.6 is 0 Å². The number of hydrogen-bond donors (Lipinski definition) is 3. The van der Waals surface area contributed by atoms with E-state index in [0.717, 1.165) is 5.56 Å². The standard InChI is InChI=1S/C16H24N2O3/c1-11(2)15(20)8-9-17-16(21)10-13-6-4-5-7-14(13)18-12(3)19/h4-7,11,15,20H,8-10H2,1-3H3,(H,17,21)(H,18,19). The average Bonchev–Trinajstić information content (AvgIpc) is 2.40. The summed E-state index contributed by atoms with van der Waals surface area (Å²) in [5, 5.41) is 15.2. The van der Waals surface area contributed by atoms with E-state index < -0.39 is 6.10 Å². The summed E-state index contributed by atoms with van der Waals surface area (Å²) in [6.45, 7) is 5.76. The molecule has 0 bridgehead atoms. The number of carbonyl (C=O) groups excluding carboxylic acids is 2. The predicted molar refractivity (Wildman–Crippen MR) is 82.9 cm³/mol. The third kappa shape index (κ3) is 6.40. The van der Waals surface area contributed by atoms with Crippen molar-refractivity contribution >= 4 is 17.5 Å². The highest BCUT2D eigenvalue weighted by Crippen LogP contribution is 2.15. The number of anilines is 1. The van der Waals surface area contributed by atoms with Crippen LogP contribution in [0, 0.1) is 5.92 Å². The molecule has 0 aromatic heterocycles. The third-order valence-corrected chi connectivity index (χ3v) is 3.21. The van der Waals surface area contributed by atoms with Crippen LogP contribution in [0.3, 0.4) is 0 Å². The van der Waals surface area contributed by atoms with Gasteiger partial charge in [-0.05, 0) is 24.0 Å². The highest BCUT2D eigenvalue weighted by atomic mass is 16.3. The lowest BCUT2D eigenvalue weighted by atomic mass is 10.0. The zero-order valence-corrected chi connectivity index (χ0v) is 12.8. The first-order valence-electron chi connectivity index (χ1n) is 7.20. The number of hydrogen-bond acceptors (Lipinski definition) is 3. The first-order valence-corrected chi connectivity index (χ1v) is 7.20. The number of carbonyl (C=O) groups is 2. The Kier molecular flexibility index (Phi) is 6.88.